The Labute approximate surface area is 133 Å². The highest BCUT2D eigenvalue weighted by atomic mass is 32.2. The predicted molar refractivity (Wildman–Crippen MR) is 85.7 cm³/mol. The number of aromatic nitrogens is 1. The number of aryl methyl sites for hydroxylation is 1. The van der Waals surface area contributed by atoms with Crippen LogP contribution in [0.25, 0.3) is 0 Å². The number of nitrogens with zero attached hydrogens (tertiary/aromatic N) is 1. The molecule has 1 aliphatic carbocycles. The van der Waals surface area contributed by atoms with Crippen LogP contribution in [-0.4, -0.2) is 28.2 Å². The maximum atomic E-state index is 12.0. The molecule has 21 heavy (non-hydrogen) atoms. The van der Waals surface area contributed by atoms with Crippen molar-refractivity contribution in [3.05, 3.63) is 11.1 Å². The average molecular weight is 327 g/mol. The van der Waals surface area contributed by atoms with Gasteiger partial charge in [0, 0.05) is 17.1 Å². The van der Waals surface area contributed by atoms with Gasteiger partial charge in [0.2, 0.25) is 5.91 Å². The Morgan fingerprint density at radius 2 is 2.10 bits per heavy atom. The molecule has 2 rings (SSSR count). The van der Waals surface area contributed by atoms with E-state index in [1.165, 1.54) is 29.5 Å². The van der Waals surface area contributed by atoms with E-state index in [9.17, 15) is 9.59 Å². The Morgan fingerprint density at radius 1 is 1.38 bits per heavy atom. The van der Waals surface area contributed by atoms with Gasteiger partial charge in [0.15, 0.2) is 4.34 Å². The van der Waals surface area contributed by atoms with Crippen LogP contribution in [0.4, 0.5) is 4.79 Å². The second kappa shape index (κ2) is 7.79. The number of hydrogen-bond acceptors (Lipinski definition) is 5. The van der Waals surface area contributed by atoms with E-state index in [0.29, 0.717) is 0 Å². The zero-order valence-corrected chi connectivity index (χ0v) is 14.0. The molecule has 1 aromatic rings. The monoisotopic (exact) mass is 327 g/mol. The molecule has 1 saturated carbocycles. The first-order valence-electron chi connectivity index (χ1n) is 7.24. The van der Waals surface area contributed by atoms with E-state index in [4.69, 9.17) is 0 Å². The molecule has 0 unspecified atom stereocenters. The van der Waals surface area contributed by atoms with Crippen molar-refractivity contribution in [1.29, 1.82) is 0 Å². The van der Waals surface area contributed by atoms with Crippen LogP contribution in [0.5, 0.6) is 0 Å². The van der Waals surface area contributed by atoms with E-state index in [1.54, 1.807) is 6.92 Å². The molecular weight excluding hydrogens is 306 g/mol. The van der Waals surface area contributed by atoms with Gasteiger partial charge in [-0.2, -0.15) is 0 Å². The van der Waals surface area contributed by atoms with E-state index in [2.05, 4.69) is 15.6 Å². The Hall–Kier alpha value is -1.08. The lowest BCUT2D eigenvalue weighted by Crippen LogP contribution is -2.47. The second-order valence-electron chi connectivity index (χ2n) is 5.31. The summed E-state index contributed by atoms with van der Waals surface area (Å²) >= 11 is 2.89. The number of thioether (sulfide) groups is 1. The minimum atomic E-state index is -0.380. The molecule has 2 N–H and O–H groups in total. The summed E-state index contributed by atoms with van der Waals surface area (Å²) < 4.78 is 0.850. The molecule has 116 valence electrons. The number of carbonyl (C=O) groups excluding carboxylic acids is 2. The van der Waals surface area contributed by atoms with Crippen LogP contribution in [0.2, 0.25) is 0 Å². The van der Waals surface area contributed by atoms with E-state index < -0.39 is 0 Å². The number of urea groups is 1. The normalized spacial score (nSPS) is 17.2. The number of thiazole rings is 1. The lowest BCUT2D eigenvalue weighted by atomic mass is 9.96. The topological polar surface area (TPSA) is 71.1 Å². The SMILES string of the molecule is Cc1csc(S[C@@H](C)C(=O)NC(=O)NC2CCCCC2)n1. The van der Waals surface area contributed by atoms with E-state index in [0.717, 1.165) is 35.7 Å². The van der Waals surface area contributed by atoms with Gasteiger partial charge in [0.05, 0.1) is 5.25 Å². The number of rotatable bonds is 4. The molecule has 0 aliphatic heterocycles. The molecule has 0 spiro atoms. The minimum absolute atomic E-state index is 0.205. The Kier molecular flexibility index (Phi) is 6.05. The number of nitrogens with one attached hydrogen (secondary N) is 2. The molecule has 1 fully saturated rings. The highest BCUT2D eigenvalue weighted by molar-refractivity contribution is 8.02. The summed E-state index contributed by atoms with van der Waals surface area (Å²) in [6.45, 7) is 3.70. The van der Waals surface area contributed by atoms with Crippen molar-refractivity contribution in [3.8, 4) is 0 Å². The third-order valence-electron chi connectivity index (χ3n) is 3.42. The quantitative estimate of drug-likeness (QED) is 0.834. The summed E-state index contributed by atoms with van der Waals surface area (Å²) in [7, 11) is 0. The van der Waals surface area contributed by atoms with Crippen LogP contribution >= 0.6 is 23.1 Å². The van der Waals surface area contributed by atoms with Crippen LogP contribution in [0.1, 0.15) is 44.7 Å². The summed E-state index contributed by atoms with van der Waals surface area (Å²) in [5.41, 5.74) is 0.949. The molecule has 1 atom stereocenters. The predicted octanol–water partition coefficient (Wildman–Crippen LogP) is 3.09. The standard InChI is InChI=1S/C14H21N3O2S2/c1-9-8-20-14(15-9)21-10(2)12(18)17-13(19)16-11-6-4-3-5-7-11/h8,10-11H,3-7H2,1-2H3,(H2,16,17,18,19)/t10-/m0/s1. The van der Waals surface area contributed by atoms with Crippen LogP contribution in [0, 0.1) is 6.92 Å². The number of carbonyl (C=O) groups is 2. The summed E-state index contributed by atoms with van der Waals surface area (Å²) in [4.78, 5) is 28.1. The molecule has 7 heteroatoms. The number of hydrogen-bond donors (Lipinski definition) is 2. The number of amides is 3. The molecule has 0 saturated heterocycles. The summed E-state index contributed by atoms with van der Waals surface area (Å²) in [6.07, 6.45) is 5.54. The summed E-state index contributed by atoms with van der Waals surface area (Å²) in [5.74, 6) is -0.277. The van der Waals surface area contributed by atoms with Crippen LogP contribution in [0.15, 0.2) is 9.72 Å². The fraction of sp³-hybridized carbons (Fsp3) is 0.643. The largest absolute Gasteiger partial charge is 0.335 e. The molecule has 3 amide bonds. The lowest BCUT2D eigenvalue weighted by Gasteiger charge is -2.22. The molecule has 0 bridgehead atoms. The van der Waals surface area contributed by atoms with Crippen LogP contribution in [-0.2, 0) is 4.79 Å². The van der Waals surface area contributed by atoms with Crippen molar-refractivity contribution < 1.29 is 9.59 Å². The van der Waals surface area contributed by atoms with Gasteiger partial charge in [0.1, 0.15) is 0 Å². The highest BCUT2D eigenvalue weighted by Gasteiger charge is 2.21. The van der Waals surface area contributed by atoms with Crippen molar-refractivity contribution in [2.24, 2.45) is 0 Å². The smallest absolute Gasteiger partial charge is 0.321 e. The fourth-order valence-corrected chi connectivity index (χ4v) is 4.26. The van der Waals surface area contributed by atoms with Gasteiger partial charge in [-0.3, -0.25) is 10.1 Å². The molecule has 0 aromatic carbocycles. The molecule has 1 aliphatic rings. The summed E-state index contributed by atoms with van der Waals surface area (Å²) in [5, 5.41) is 6.91. The third-order valence-corrected chi connectivity index (χ3v) is 5.61. The zero-order valence-electron chi connectivity index (χ0n) is 12.3. The molecule has 1 heterocycles. The van der Waals surface area contributed by atoms with E-state index >= 15 is 0 Å². The number of imide groups is 1. The van der Waals surface area contributed by atoms with Gasteiger partial charge in [-0.25, -0.2) is 9.78 Å². The van der Waals surface area contributed by atoms with Crippen LogP contribution in [0.3, 0.4) is 0 Å². The van der Waals surface area contributed by atoms with Crippen molar-refractivity contribution in [2.75, 3.05) is 0 Å². The van der Waals surface area contributed by atoms with Gasteiger partial charge in [-0.1, -0.05) is 31.0 Å². The lowest BCUT2D eigenvalue weighted by molar-refractivity contribution is -0.119. The third kappa shape index (κ3) is 5.32. The fourth-order valence-electron chi connectivity index (χ4n) is 2.27. The van der Waals surface area contributed by atoms with Crippen molar-refractivity contribution >= 4 is 35.0 Å². The molecule has 5 nitrogen and oxygen atoms in total. The van der Waals surface area contributed by atoms with Crippen molar-refractivity contribution in [1.82, 2.24) is 15.6 Å². The van der Waals surface area contributed by atoms with Crippen molar-refractivity contribution in [2.45, 2.75) is 61.6 Å². The first-order valence-corrected chi connectivity index (χ1v) is 9.00. The van der Waals surface area contributed by atoms with E-state index in [-0.39, 0.29) is 23.2 Å². The van der Waals surface area contributed by atoms with Crippen molar-refractivity contribution in [3.63, 3.8) is 0 Å². The summed E-state index contributed by atoms with van der Waals surface area (Å²) in [6, 6.07) is -0.175. The maximum Gasteiger partial charge on any atom is 0.321 e. The Bertz CT molecular complexity index is 498. The van der Waals surface area contributed by atoms with Gasteiger partial charge in [0.25, 0.3) is 0 Å². The zero-order chi connectivity index (χ0) is 15.2. The Morgan fingerprint density at radius 3 is 2.71 bits per heavy atom. The van der Waals surface area contributed by atoms with Gasteiger partial charge >= 0.3 is 6.03 Å². The molecule has 1 aromatic heterocycles. The Balaban J connectivity index is 1.75. The molecular formula is C14H21N3O2S2. The van der Waals surface area contributed by atoms with Crippen LogP contribution < -0.4 is 10.6 Å². The highest BCUT2D eigenvalue weighted by Crippen LogP contribution is 2.26. The minimum Gasteiger partial charge on any atom is -0.335 e. The first-order chi connectivity index (χ1) is 10.0. The van der Waals surface area contributed by atoms with E-state index in [1.807, 2.05) is 12.3 Å². The van der Waals surface area contributed by atoms with Gasteiger partial charge in [-0.15, -0.1) is 11.3 Å². The first kappa shape index (κ1) is 16.3. The van der Waals surface area contributed by atoms with Gasteiger partial charge < -0.3 is 5.32 Å². The second-order valence-corrected chi connectivity index (χ2v) is 7.76. The maximum absolute atomic E-state index is 12.0. The molecule has 0 radical (unpaired) electrons. The van der Waals surface area contributed by atoms with Gasteiger partial charge in [-0.05, 0) is 26.7 Å². The average Bonchev–Trinajstić information content (AvgIpc) is 2.85.